The normalized spacial score (nSPS) is 21.5. The van der Waals surface area contributed by atoms with E-state index in [1.165, 1.54) is 12.1 Å². The van der Waals surface area contributed by atoms with Crippen LogP contribution in [-0.2, 0) is 0 Å². The van der Waals surface area contributed by atoms with Gasteiger partial charge in [-0.2, -0.15) is 0 Å². The maximum Gasteiger partial charge on any atom is 0.160 e. The van der Waals surface area contributed by atoms with Crippen molar-refractivity contribution in [1.82, 2.24) is 5.32 Å². The van der Waals surface area contributed by atoms with Crippen molar-refractivity contribution in [1.29, 1.82) is 0 Å². The van der Waals surface area contributed by atoms with Crippen molar-refractivity contribution in [2.75, 3.05) is 24.5 Å². The van der Waals surface area contributed by atoms with Gasteiger partial charge >= 0.3 is 0 Å². The first-order chi connectivity index (χ1) is 8.70. The number of hydrogen-bond donors (Lipinski definition) is 1. The summed E-state index contributed by atoms with van der Waals surface area (Å²) in [7, 11) is 0. The van der Waals surface area contributed by atoms with E-state index in [0.717, 1.165) is 44.6 Å². The van der Waals surface area contributed by atoms with E-state index in [4.69, 9.17) is 0 Å². The van der Waals surface area contributed by atoms with Crippen molar-refractivity contribution in [3.05, 3.63) is 29.8 Å². The Hall–Kier alpha value is -1.16. The lowest BCUT2D eigenvalue weighted by molar-refractivity contribution is 0.438. The lowest BCUT2D eigenvalue weighted by Gasteiger charge is -2.30. The highest BCUT2D eigenvalue weighted by atomic mass is 19.2. The molecule has 1 aliphatic heterocycles. The standard InChI is InChI=1S/C14H20F2N2/c1-2-11-6-9-18(8-3-7-17-11)12-4-5-13(15)14(16)10-12/h4-5,10-11,17H,2-3,6-9H2,1H3. The Morgan fingerprint density at radius 1 is 1.28 bits per heavy atom. The third-order valence-corrected chi connectivity index (χ3v) is 3.55. The molecule has 1 unspecified atom stereocenters. The van der Waals surface area contributed by atoms with Crippen LogP contribution in [0.1, 0.15) is 26.2 Å². The molecular formula is C14H20F2N2. The zero-order valence-corrected chi connectivity index (χ0v) is 10.8. The molecule has 1 fully saturated rings. The van der Waals surface area contributed by atoms with Crippen molar-refractivity contribution in [2.24, 2.45) is 0 Å². The van der Waals surface area contributed by atoms with E-state index in [-0.39, 0.29) is 0 Å². The van der Waals surface area contributed by atoms with Gasteiger partial charge in [0.2, 0.25) is 0 Å². The molecule has 1 saturated heterocycles. The molecule has 2 rings (SSSR count). The lowest BCUT2D eigenvalue weighted by atomic mass is 10.1. The molecular weight excluding hydrogens is 234 g/mol. The number of rotatable bonds is 2. The van der Waals surface area contributed by atoms with Gasteiger partial charge in [-0.05, 0) is 37.9 Å². The Bertz CT molecular complexity index is 395. The molecule has 0 aliphatic carbocycles. The van der Waals surface area contributed by atoms with Crippen molar-refractivity contribution in [3.63, 3.8) is 0 Å². The van der Waals surface area contributed by atoms with Crippen LogP contribution in [0.15, 0.2) is 18.2 Å². The number of hydrogen-bond acceptors (Lipinski definition) is 2. The van der Waals surface area contributed by atoms with Crippen molar-refractivity contribution in [3.8, 4) is 0 Å². The summed E-state index contributed by atoms with van der Waals surface area (Å²) < 4.78 is 26.2. The summed E-state index contributed by atoms with van der Waals surface area (Å²) in [5, 5.41) is 3.50. The summed E-state index contributed by atoms with van der Waals surface area (Å²) in [5.41, 5.74) is 0.783. The van der Waals surface area contributed by atoms with Crippen molar-refractivity contribution >= 4 is 5.69 Å². The highest BCUT2D eigenvalue weighted by Crippen LogP contribution is 2.19. The molecule has 100 valence electrons. The first-order valence-electron chi connectivity index (χ1n) is 6.64. The van der Waals surface area contributed by atoms with Crippen LogP contribution in [0.2, 0.25) is 0 Å². The van der Waals surface area contributed by atoms with Crippen LogP contribution >= 0.6 is 0 Å². The molecule has 0 amide bonds. The van der Waals surface area contributed by atoms with E-state index in [2.05, 4.69) is 17.1 Å². The van der Waals surface area contributed by atoms with E-state index >= 15 is 0 Å². The van der Waals surface area contributed by atoms with E-state index in [9.17, 15) is 8.78 Å². The minimum Gasteiger partial charge on any atom is -0.371 e. The second-order valence-electron chi connectivity index (χ2n) is 4.79. The SMILES string of the molecule is CCC1CCN(c2ccc(F)c(F)c2)CCCN1. The maximum atomic E-state index is 13.2. The summed E-state index contributed by atoms with van der Waals surface area (Å²) >= 11 is 0. The van der Waals surface area contributed by atoms with E-state index in [1.807, 2.05) is 0 Å². The summed E-state index contributed by atoms with van der Waals surface area (Å²) in [6, 6.07) is 4.69. The van der Waals surface area contributed by atoms with Crippen LogP contribution in [0.3, 0.4) is 0 Å². The number of nitrogens with one attached hydrogen (secondary N) is 1. The average molecular weight is 254 g/mol. The molecule has 0 bridgehead atoms. The topological polar surface area (TPSA) is 15.3 Å². The Morgan fingerprint density at radius 3 is 2.83 bits per heavy atom. The van der Waals surface area contributed by atoms with Gasteiger partial charge in [0.05, 0.1) is 0 Å². The fourth-order valence-corrected chi connectivity index (χ4v) is 2.39. The molecule has 1 aromatic carbocycles. The van der Waals surface area contributed by atoms with Gasteiger partial charge < -0.3 is 10.2 Å². The number of nitrogens with zero attached hydrogens (tertiary/aromatic N) is 1. The van der Waals surface area contributed by atoms with E-state index in [1.54, 1.807) is 6.07 Å². The molecule has 1 aromatic rings. The first-order valence-corrected chi connectivity index (χ1v) is 6.64. The van der Waals surface area contributed by atoms with Gasteiger partial charge in [0.1, 0.15) is 0 Å². The van der Waals surface area contributed by atoms with Gasteiger partial charge in [-0.15, -0.1) is 0 Å². The summed E-state index contributed by atoms with van der Waals surface area (Å²) in [6.45, 7) is 4.92. The minimum atomic E-state index is -0.779. The van der Waals surface area contributed by atoms with Crippen LogP contribution in [0.4, 0.5) is 14.5 Å². The largest absolute Gasteiger partial charge is 0.371 e. The highest BCUT2D eigenvalue weighted by Gasteiger charge is 2.15. The summed E-state index contributed by atoms with van der Waals surface area (Å²) in [6.07, 6.45) is 3.16. The molecule has 1 heterocycles. The van der Waals surface area contributed by atoms with Gasteiger partial charge in [0, 0.05) is 30.9 Å². The number of halogens is 2. The molecule has 1 aliphatic rings. The highest BCUT2D eigenvalue weighted by molar-refractivity contribution is 5.46. The van der Waals surface area contributed by atoms with Crippen LogP contribution in [0.5, 0.6) is 0 Å². The lowest BCUT2D eigenvalue weighted by Crippen LogP contribution is -2.39. The molecule has 18 heavy (non-hydrogen) atoms. The second-order valence-corrected chi connectivity index (χ2v) is 4.79. The Morgan fingerprint density at radius 2 is 2.11 bits per heavy atom. The molecule has 2 nitrogen and oxygen atoms in total. The van der Waals surface area contributed by atoms with Crippen LogP contribution in [0.25, 0.3) is 0 Å². The fraction of sp³-hybridized carbons (Fsp3) is 0.571. The second kappa shape index (κ2) is 6.14. The van der Waals surface area contributed by atoms with Gasteiger partial charge in [-0.25, -0.2) is 8.78 Å². The molecule has 0 radical (unpaired) electrons. The summed E-state index contributed by atoms with van der Waals surface area (Å²) in [4.78, 5) is 2.14. The van der Waals surface area contributed by atoms with Gasteiger partial charge in [0.15, 0.2) is 11.6 Å². The van der Waals surface area contributed by atoms with Gasteiger partial charge in [0.25, 0.3) is 0 Å². The predicted molar refractivity (Wildman–Crippen MR) is 69.9 cm³/mol. The third-order valence-electron chi connectivity index (χ3n) is 3.55. The molecule has 1 N–H and O–H groups in total. The van der Waals surface area contributed by atoms with E-state index < -0.39 is 11.6 Å². The summed E-state index contributed by atoms with van der Waals surface area (Å²) in [5.74, 6) is -1.54. The minimum absolute atomic E-state index is 0.526. The fourth-order valence-electron chi connectivity index (χ4n) is 2.39. The molecule has 0 saturated carbocycles. The predicted octanol–water partition coefficient (Wildman–Crippen LogP) is 2.93. The quantitative estimate of drug-likeness (QED) is 0.873. The molecule has 4 heteroatoms. The van der Waals surface area contributed by atoms with Gasteiger partial charge in [-0.3, -0.25) is 0 Å². The van der Waals surface area contributed by atoms with Crippen LogP contribution < -0.4 is 10.2 Å². The molecule has 0 aromatic heterocycles. The molecule has 1 atom stereocenters. The monoisotopic (exact) mass is 254 g/mol. The Labute approximate surface area is 107 Å². The van der Waals surface area contributed by atoms with E-state index in [0.29, 0.717) is 6.04 Å². The third kappa shape index (κ3) is 3.19. The average Bonchev–Trinajstić information content (AvgIpc) is 2.33. The van der Waals surface area contributed by atoms with Crippen molar-refractivity contribution in [2.45, 2.75) is 32.2 Å². The maximum absolute atomic E-state index is 13.2. The van der Waals surface area contributed by atoms with Crippen LogP contribution in [-0.4, -0.2) is 25.7 Å². The zero-order chi connectivity index (χ0) is 13.0. The number of anilines is 1. The number of benzene rings is 1. The van der Waals surface area contributed by atoms with Crippen LogP contribution in [0, 0.1) is 11.6 Å². The zero-order valence-electron chi connectivity index (χ0n) is 10.8. The van der Waals surface area contributed by atoms with Gasteiger partial charge in [-0.1, -0.05) is 6.92 Å². The van der Waals surface area contributed by atoms with Crippen molar-refractivity contribution < 1.29 is 8.78 Å². The molecule has 0 spiro atoms. The Balaban J connectivity index is 2.08. The first kappa shape index (κ1) is 13.3. The Kier molecular flexibility index (Phi) is 4.53. The smallest absolute Gasteiger partial charge is 0.160 e.